The van der Waals surface area contributed by atoms with Gasteiger partial charge >= 0.3 is 0 Å². The summed E-state index contributed by atoms with van der Waals surface area (Å²) in [6.07, 6.45) is 2.94. The molecule has 1 fully saturated rings. The molecule has 0 bridgehead atoms. The first kappa shape index (κ1) is 19.0. The van der Waals surface area contributed by atoms with Gasteiger partial charge in [-0.3, -0.25) is 4.79 Å². The molecule has 0 atom stereocenters. The largest absolute Gasteiger partial charge is 0.308 e. The lowest BCUT2D eigenvalue weighted by molar-refractivity contribution is 0.0980. The average Bonchev–Trinajstić information content (AvgIpc) is 3.24. The zero-order valence-corrected chi connectivity index (χ0v) is 16.0. The van der Waals surface area contributed by atoms with Gasteiger partial charge in [0, 0.05) is 25.3 Å². The van der Waals surface area contributed by atoms with Crippen molar-refractivity contribution in [2.75, 3.05) is 24.5 Å². The van der Waals surface area contributed by atoms with Crippen molar-refractivity contribution >= 4 is 21.6 Å². The molecule has 0 unspecified atom stereocenters. The summed E-state index contributed by atoms with van der Waals surface area (Å²) in [6, 6.07) is 7.46. The number of carbonyl (C=O) groups is 1. The molecule has 0 spiro atoms. The highest BCUT2D eigenvalue weighted by Gasteiger charge is 2.30. The summed E-state index contributed by atoms with van der Waals surface area (Å²) >= 11 is 0. The molecule has 0 N–H and O–H groups in total. The first-order chi connectivity index (χ1) is 13.4. The fraction of sp³-hybridized carbons (Fsp3) is 0.350. The molecule has 148 valence electrons. The van der Waals surface area contributed by atoms with Gasteiger partial charge < -0.3 is 4.90 Å². The number of fused-ring (bicyclic) bond motifs is 1. The Morgan fingerprint density at radius 3 is 2.43 bits per heavy atom. The van der Waals surface area contributed by atoms with E-state index < -0.39 is 27.6 Å². The number of halogens is 2. The number of aryl methyl sites for hydroxylation is 1. The minimum atomic E-state index is -3.55. The van der Waals surface area contributed by atoms with Gasteiger partial charge in [-0.05, 0) is 67.6 Å². The number of anilines is 1. The monoisotopic (exact) mass is 406 g/mol. The second kappa shape index (κ2) is 7.25. The Balaban J connectivity index is 1.69. The molecule has 2 aliphatic heterocycles. The Bertz CT molecular complexity index is 1030. The number of nitrogens with zero attached hydrogens (tertiary/aromatic N) is 2. The summed E-state index contributed by atoms with van der Waals surface area (Å²) < 4.78 is 54.6. The highest BCUT2D eigenvalue weighted by Crippen LogP contribution is 2.32. The van der Waals surface area contributed by atoms with E-state index in [9.17, 15) is 22.0 Å². The van der Waals surface area contributed by atoms with Gasteiger partial charge in [-0.2, -0.15) is 4.31 Å². The van der Waals surface area contributed by atoms with Crippen molar-refractivity contribution < 1.29 is 22.0 Å². The molecule has 8 heteroatoms. The van der Waals surface area contributed by atoms with Crippen LogP contribution in [-0.2, 0) is 16.4 Å². The lowest BCUT2D eigenvalue weighted by Gasteiger charge is -2.30. The van der Waals surface area contributed by atoms with Crippen LogP contribution in [0.25, 0.3) is 0 Å². The molecule has 1 saturated heterocycles. The Kier molecular flexibility index (Phi) is 4.93. The number of sulfonamides is 1. The Morgan fingerprint density at radius 1 is 0.929 bits per heavy atom. The topological polar surface area (TPSA) is 57.7 Å². The molecule has 0 aliphatic carbocycles. The van der Waals surface area contributed by atoms with Crippen molar-refractivity contribution in [2.24, 2.45) is 0 Å². The van der Waals surface area contributed by atoms with Gasteiger partial charge in [0.25, 0.3) is 5.91 Å². The van der Waals surface area contributed by atoms with E-state index in [0.717, 1.165) is 36.6 Å². The van der Waals surface area contributed by atoms with E-state index in [2.05, 4.69) is 0 Å². The van der Waals surface area contributed by atoms with E-state index in [0.29, 0.717) is 38.2 Å². The lowest BCUT2D eigenvalue weighted by Crippen LogP contribution is -2.36. The summed E-state index contributed by atoms with van der Waals surface area (Å²) in [4.78, 5) is 14.4. The maximum Gasteiger partial charge on any atom is 0.261 e. The van der Waals surface area contributed by atoms with E-state index in [4.69, 9.17) is 0 Å². The summed E-state index contributed by atoms with van der Waals surface area (Å²) in [5.41, 5.74) is 0.929. The van der Waals surface area contributed by atoms with E-state index in [1.54, 1.807) is 12.1 Å². The van der Waals surface area contributed by atoms with Crippen molar-refractivity contribution in [3.8, 4) is 0 Å². The minimum Gasteiger partial charge on any atom is -0.308 e. The number of amides is 1. The van der Waals surface area contributed by atoms with Crippen LogP contribution in [0.4, 0.5) is 14.5 Å². The first-order valence-corrected chi connectivity index (χ1v) is 10.7. The van der Waals surface area contributed by atoms with Crippen molar-refractivity contribution in [1.29, 1.82) is 0 Å². The Morgan fingerprint density at radius 2 is 1.68 bits per heavy atom. The van der Waals surface area contributed by atoms with Gasteiger partial charge in [0.15, 0.2) is 0 Å². The van der Waals surface area contributed by atoms with E-state index >= 15 is 0 Å². The highest BCUT2D eigenvalue weighted by molar-refractivity contribution is 7.89. The van der Waals surface area contributed by atoms with Crippen molar-refractivity contribution in [3.05, 3.63) is 59.2 Å². The van der Waals surface area contributed by atoms with Crippen LogP contribution in [0, 0.1) is 11.6 Å². The average molecular weight is 406 g/mol. The van der Waals surface area contributed by atoms with Crippen LogP contribution >= 0.6 is 0 Å². The van der Waals surface area contributed by atoms with Crippen LogP contribution in [0.5, 0.6) is 0 Å². The predicted molar refractivity (Wildman–Crippen MR) is 101 cm³/mol. The molecule has 2 aromatic carbocycles. The molecule has 5 nitrogen and oxygen atoms in total. The van der Waals surface area contributed by atoms with Crippen molar-refractivity contribution in [2.45, 2.75) is 30.6 Å². The van der Waals surface area contributed by atoms with Gasteiger partial charge in [-0.15, -0.1) is 0 Å². The van der Waals surface area contributed by atoms with Crippen LogP contribution in [0.2, 0.25) is 0 Å². The fourth-order valence-electron chi connectivity index (χ4n) is 3.83. The smallest absolute Gasteiger partial charge is 0.261 e. The minimum absolute atomic E-state index is 0.208. The van der Waals surface area contributed by atoms with E-state index in [1.807, 2.05) is 0 Å². The molecule has 1 amide bonds. The second-order valence-electron chi connectivity index (χ2n) is 7.09. The van der Waals surface area contributed by atoms with Crippen LogP contribution < -0.4 is 4.90 Å². The zero-order chi connectivity index (χ0) is 19.9. The number of hydrogen-bond acceptors (Lipinski definition) is 3. The summed E-state index contributed by atoms with van der Waals surface area (Å²) in [6.45, 7) is 1.39. The maximum absolute atomic E-state index is 14.0. The standard InChI is InChI=1S/C20H20F2N2O3S/c21-15-5-7-18(22)17(13-15)20(25)24-11-3-4-14-12-16(6-8-19(14)24)28(26,27)23-9-1-2-10-23/h5-8,12-13H,1-4,9-11H2. The second-order valence-corrected chi connectivity index (χ2v) is 9.02. The van der Waals surface area contributed by atoms with Crippen molar-refractivity contribution in [3.63, 3.8) is 0 Å². The quantitative estimate of drug-likeness (QED) is 0.786. The first-order valence-electron chi connectivity index (χ1n) is 9.28. The SMILES string of the molecule is O=C(c1cc(F)ccc1F)N1CCCc2cc(S(=O)(=O)N3CCCC3)ccc21. The third-order valence-corrected chi connectivity index (χ3v) is 7.17. The van der Waals surface area contributed by atoms with E-state index in [-0.39, 0.29) is 10.5 Å². The number of hydrogen-bond donors (Lipinski definition) is 0. The summed E-state index contributed by atoms with van der Waals surface area (Å²) in [5, 5.41) is 0. The maximum atomic E-state index is 14.0. The van der Waals surface area contributed by atoms with Gasteiger partial charge in [0.05, 0.1) is 10.5 Å². The molecule has 2 aromatic rings. The third kappa shape index (κ3) is 3.31. The molecule has 0 saturated carbocycles. The summed E-state index contributed by atoms with van der Waals surface area (Å²) in [5.74, 6) is -2.10. The highest BCUT2D eigenvalue weighted by atomic mass is 32.2. The summed E-state index contributed by atoms with van der Waals surface area (Å²) in [7, 11) is -3.55. The molecular formula is C20H20F2N2O3S. The van der Waals surface area contributed by atoms with E-state index in [1.165, 1.54) is 15.3 Å². The van der Waals surface area contributed by atoms with Gasteiger partial charge in [-0.1, -0.05) is 0 Å². The van der Waals surface area contributed by atoms with Crippen molar-refractivity contribution in [1.82, 2.24) is 4.31 Å². The fourth-order valence-corrected chi connectivity index (χ4v) is 5.40. The van der Waals surface area contributed by atoms with Crippen LogP contribution in [0.1, 0.15) is 35.2 Å². The molecule has 2 aliphatic rings. The Labute approximate surface area is 162 Å². The zero-order valence-electron chi connectivity index (χ0n) is 15.2. The lowest BCUT2D eigenvalue weighted by atomic mass is 10.0. The molecule has 28 heavy (non-hydrogen) atoms. The number of rotatable bonds is 3. The van der Waals surface area contributed by atoms with Crippen LogP contribution in [-0.4, -0.2) is 38.3 Å². The molecule has 0 radical (unpaired) electrons. The molecule has 0 aromatic heterocycles. The van der Waals surface area contributed by atoms with Gasteiger partial charge in [0.1, 0.15) is 11.6 Å². The normalized spacial score (nSPS) is 17.6. The number of carbonyl (C=O) groups excluding carboxylic acids is 1. The molecule has 4 rings (SSSR count). The third-order valence-electron chi connectivity index (χ3n) is 5.28. The van der Waals surface area contributed by atoms with Gasteiger partial charge in [0.2, 0.25) is 10.0 Å². The predicted octanol–water partition coefficient (Wildman–Crippen LogP) is 3.34. The van der Waals surface area contributed by atoms with Crippen LogP contribution in [0.15, 0.2) is 41.3 Å². The van der Waals surface area contributed by atoms with Gasteiger partial charge in [-0.25, -0.2) is 17.2 Å². The molecular weight excluding hydrogens is 386 g/mol. The Hall–Kier alpha value is -2.32. The molecule has 2 heterocycles. The van der Waals surface area contributed by atoms with Crippen LogP contribution in [0.3, 0.4) is 0 Å². The number of benzene rings is 2.